The van der Waals surface area contributed by atoms with Crippen LogP contribution in [0.25, 0.3) is 0 Å². The van der Waals surface area contributed by atoms with E-state index in [0.717, 1.165) is 38.4 Å². The lowest BCUT2D eigenvalue weighted by molar-refractivity contribution is 0.354. The topological polar surface area (TPSA) is 58.2 Å². The van der Waals surface area contributed by atoms with Gasteiger partial charge in [0, 0.05) is 6.54 Å². The van der Waals surface area contributed by atoms with Crippen molar-refractivity contribution in [2.45, 2.75) is 24.2 Å². The summed E-state index contributed by atoms with van der Waals surface area (Å²) in [6.45, 7) is 2.41. The Morgan fingerprint density at radius 3 is 2.74 bits per heavy atom. The Bertz CT molecular complexity index is 513. The average Bonchev–Trinajstić information content (AvgIpc) is 2.40. The fourth-order valence-electron chi connectivity index (χ4n) is 2.29. The van der Waals surface area contributed by atoms with Crippen LogP contribution >= 0.6 is 0 Å². The smallest absolute Gasteiger partial charge is 0.240 e. The van der Waals surface area contributed by atoms with E-state index in [9.17, 15) is 12.8 Å². The molecule has 0 spiro atoms. The van der Waals surface area contributed by atoms with Crippen molar-refractivity contribution in [1.82, 2.24) is 10.0 Å². The molecule has 0 bridgehead atoms. The molecule has 6 heteroatoms. The standard InChI is InChI=1S/C13H19FN2O2S/c14-12-2-1-3-13(10-12)19(17,18)16-9-6-11-4-7-15-8-5-11/h1-3,10-11,15-16H,4-9H2. The summed E-state index contributed by atoms with van der Waals surface area (Å²) in [6.07, 6.45) is 3.00. The van der Waals surface area contributed by atoms with Crippen molar-refractivity contribution in [2.24, 2.45) is 5.92 Å². The molecule has 0 saturated carbocycles. The van der Waals surface area contributed by atoms with Crippen molar-refractivity contribution in [3.8, 4) is 0 Å². The third kappa shape index (κ3) is 4.26. The van der Waals surface area contributed by atoms with Gasteiger partial charge in [-0.25, -0.2) is 17.5 Å². The van der Waals surface area contributed by atoms with E-state index in [1.54, 1.807) is 0 Å². The Hall–Kier alpha value is -0.980. The number of rotatable bonds is 5. The zero-order chi connectivity index (χ0) is 13.7. The van der Waals surface area contributed by atoms with Crippen LogP contribution in [0.3, 0.4) is 0 Å². The van der Waals surface area contributed by atoms with E-state index in [2.05, 4.69) is 10.0 Å². The summed E-state index contributed by atoms with van der Waals surface area (Å²) < 4.78 is 39.4. The normalized spacial score (nSPS) is 17.5. The monoisotopic (exact) mass is 286 g/mol. The first-order valence-corrected chi connectivity index (χ1v) is 8.02. The molecule has 106 valence electrons. The van der Waals surface area contributed by atoms with E-state index >= 15 is 0 Å². The quantitative estimate of drug-likeness (QED) is 0.862. The number of nitrogens with one attached hydrogen (secondary N) is 2. The summed E-state index contributed by atoms with van der Waals surface area (Å²) in [5.74, 6) is 0.0256. The number of hydrogen-bond acceptors (Lipinski definition) is 3. The Morgan fingerprint density at radius 2 is 2.05 bits per heavy atom. The molecule has 2 N–H and O–H groups in total. The maximum absolute atomic E-state index is 13.0. The van der Waals surface area contributed by atoms with E-state index < -0.39 is 15.8 Å². The molecule has 0 unspecified atom stereocenters. The van der Waals surface area contributed by atoms with Gasteiger partial charge in [0.1, 0.15) is 5.82 Å². The highest BCUT2D eigenvalue weighted by molar-refractivity contribution is 7.89. The molecular weight excluding hydrogens is 267 g/mol. The molecule has 1 aromatic carbocycles. The first-order valence-electron chi connectivity index (χ1n) is 6.54. The van der Waals surface area contributed by atoms with Crippen LogP contribution in [0.15, 0.2) is 29.2 Å². The van der Waals surface area contributed by atoms with E-state index in [0.29, 0.717) is 12.5 Å². The van der Waals surface area contributed by atoms with E-state index in [1.165, 1.54) is 18.2 Å². The Balaban J connectivity index is 1.87. The SMILES string of the molecule is O=S(=O)(NCCC1CCNCC1)c1cccc(F)c1. The molecule has 2 rings (SSSR count). The van der Waals surface area contributed by atoms with Crippen molar-refractivity contribution < 1.29 is 12.8 Å². The lowest BCUT2D eigenvalue weighted by atomic mass is 9.95. The molecule has 1 aliphatic heterocycles. The molecule has 0 radical (unpaired) electrons. The fourth-order valence-corrected chi connectivity index (χ4v) is 3.36. The second-order valence-corrected chi connectivity index (χ2v) is 6.60. The van der Waals surface area contributed by atoms with Gasteiger partial charge in [0.15, 0.2) is 0 Å². The van der Waals surface area contributed by atoms with Crippen LogP contribution in [0.4, 0.5) is 4.39 Å². The third-order valence-corrected chi connectivity index (χ3v) is 4.87. The van der Waals surface area contributed by atoms with Crippen molar-refractivity contribution >= 4 is 10.0 Å². The number of hydrogen-bond donors (Lipinski definition) is 2. The van der Waals surface area contributed by atoms with E-state index in [-0.39, 0.29) is 4.90 Å². The fraction of sp³-hybridized carbons (Fsp3) is 0.538. The summed E-state index contributed by atoms with van der Waals surface area (Å²) in [6, 6.07) is 5.06. The molecule has 4 nitrogen and oxygen atoms in total. The van der Waals surface area contributed by atoms with Gasteiger partial charge in [0.05, 0.1) is 4.90 Å². The molecule has 19 heavy (non-hydrogen) atoms. The molecule has 0 atom stereocenters. The molecule has 1 fully saturated rings. The van der Waals surface area contributed by atoms with Gasteiger partial charge in [-0.2, -0.15) is 0 Å². The third-order valence-electron chi connectivity index (χ3n) is 3.41. The minimum absolute atomic E-state index is 0.0159. The Kier molecular flexibility index (Phi) is 4.90. The van der Waals surface area contributed by atoms with Crippen molar-refractivity contribution in [3.63, 3.8) is 0 Å². The van der Waals surface area contributed by atoms with Gasteiger partial charge in [0.25, 0.3) is 0 Å². The number of halogens is 1. The first-order chi connectivity index (χ1) is 9.08. The van der Waals surface area contributed by atoms with Crippen molar-refractivity contribution in [1.29, 1.82) is 0 Å². The average molecular weight is 286 g/mol. The predicted octanol–water partition coefficient (Wildman–Crippen LogP) is 1.49. The molecule has 0 amide bonds. The largest absolute Gasteiger partial charge is 0.317 e. The molecule has 1 saturated heterocycles. The summed E-state index contributed by atoms with van der Waals surface area (Å²) in [5, 5.41) is 3.27. The zero-order valence-corrected chi connectivity index (χ0v) is 11.5. The maximum Gasteiger partial charge on any atom is 0.240 e. The van der Waals surface area contributed by atoms with Gasteiger partial charge in [-0.1, -0.05) is 6.07 Å². The molecule has 1 aliphatic rings. The first kappa shape index (κ1) is 14.4. The predicted molar refractivity (Wildman–Crippen MR) is 71.8 cm³/mol. The van der Waals surface area contributed by atoms with Crippen LogP contribution in [0.5, 0.6) is 0 Å². The zero-order valence-electron chi connectivity index (χ0n) is 10.7. The summed E-state index contributed by atoms with van der Waals surface area (Å²) in [5.41, 5.74) is 0. The Morgan fingerprint density at radius 1 is 1.32 bits per heavy atom. The summed E-state index contributed by atoms with van der Waals surface area (Å²) in [7, 11) is -3.59. The van der Waals surface area contributed by atoms with Crippen LogP contribution in [-0.2, 0) is 10.0 Å². The van der Waals surface area contributed by atoms with Crippen LogP contribution in [0.2, 0.25) is 0 Å². The lowest BCUT2D eigenvalue weighted by Gasteiger charge is -2.22. The van der Waals surface area contributed by atoms with Gasteiger partial charge in [-0.3, -0.25) is 0 Å². The lowest BCUT2D eigenvalue weighted by Crippen LogP contribution is -2.31. The van der Waals surface area contributed by atoms with E-state index in [4.69, 9.17) is 0 Å². The molecular formula is C13H19FN2O2S. The van der Waals surface area contributed by atoms with Crippen molar-refractivity contribution in [2.75, 3.05) is 19.6 Å². The Labute approximate surface area is 113 Å². The molecule has 0 aromatic heterocycles. The number of piperidine rings is 1. The second kappa shape index (κ2) is 6.45. The van der Waals surface area contributed by atoms with Crippen LogP contribution in [-0.4, -0.2) is 28.1 Å². The van der Waals surface area contributed by atoms with Crippen molar-refractivity contribution in [3.05, 3.63) is 30.1 Å². The minimum atomic E-state index is -3.59. The summed E-state index contributed by atoms with van der Waals surface area (Å²) in [4.78, 5) is -0.0159. The van der Waals surface area contributed by atoms with Gasteiger partial charge in [-0.05, 0) is 56.5 Å². The van der Waals surface area contributed by atoms with E-state index in [1.807, 2.05) is 0 Å². The molecule has 0 aliphatic carbocycles. The highest BCUT2D eigenvalue weighted by Gasteiger charge is 2.16. The molecule has 1 heterocycles. The van der Waals surface area contributed by atoms with Crippen LogP contribution < -0.4 is 10.0 Å². The minimum Gasteiger partial charge on any atom is -0.317 e. The van der Waals surface area contributed by atoms with Crippen LogP contribution in [0.1, 0.15) is 19.3 Å². The number of sulfonamides is 1. The number of benzene rings is 1. The van der Waals surface area contributed by atoms with Gasteiger partial charge < -0.3 is 5.32 Å². The highest BCUT2D eigenvalue weighted by atomic mass is 32.2. The van der Waals surface area contributed by atoms with Crippen LogP contribution in [0, 0.1) is 11.7 Å². The highest BCUT2D eigenvalue weighted by Crippen LogP contribution is 2.16. The second-order valence-electron chi connectivity index (χ2n) is 4.84. The van der Waals surface area contributed by atoms with Gasteiger partial charge >= 0.3 is 0 Å². The van der Waals surface area contributed by atoms with Gasteiger partial charge in [-0.15, -0.1) is 0 Å². The summed E-state index contributed by atoms with van der Waals surface area (Å²) >= 11 is 0. The molecule has 1 aromatic rings. The van der Waals surface area contributed by atoms with Gasteiger partial charge in [0.2, 0.25) is 10.0 Å². The maximum atomic E-state index is 13.0.